The van der Waals surface area contributed by atoms with Crippen molar-refractivity contribution < 1.29 is 4.39 Å². The summed E-state index contributed by atoms with van der Waals surface area (Å²) in [7, 11) is 4.11. The molecule has 0 spiro atoms. The molecule has 0 aromatic carbocycles. The monoisotopic (exact) mass is 182 g/mol. The van der Waals surface area contributed by atoms with Crippen LogP contribution < -0.4 is 0 Å². The molecule has 0 amide bonds. The predicted octanol–water partition coefficient (Wildman–Crippen LogP) is 2.72. The fourth-order valence-electron chi connectivity index (χ4n) is 1.39. The van der Waals surface area contributed by atoms with Crippen molar-refractivity contribution in [1.82, 2.24) is 4.90 Å². The van der Waals surface area contributed by atoms with Gasteiger partial charge in [-0.25, -0.2) is 4.39 Å². The Hall–Kier alpha value is -0.630. The van der Waals surface area contributed by atoms with Gasteiger partial charge in [-0.15, -0.1) is 0 Å². The van der Waals surface area contributed by atoms with E-state index < -0.39 is 0 Å². The lowest BCUT2D eigenvalue weighted by atomic mass is 10.00. The van der Waals surface area contributed by atoms with E-state index in [1.807, 2.05) is 0 Å². The Morgan fingerprint density at radius 1 is 1.46 bits per heavy atom. The summed E-state index contributed by atoms with van der Waals surface area (Å²) in [6.07, 6.45) is 8.18. The van der Waals surface area contributed by atoms with Gasteiger partial charge >= 0.3 is 0 Å². The van der Waals surface area contributed by atoms with Crippen LogP contribution in [0, 0.1) is 6.42 Å². The van der Waals surface area contributed by atoms with Crippen molar-refractivity contribution in [3.8, 4) is 0 Å². The van der Waals surface area contributed by atoms with Crippen molar-refractivity contribution in [2.45, 2.75) is 19.3 Å². The Morgan fingerprint density at radius 3 is 2.85 bits per heavy atom. The van der Waals surface area contributed by atoms with E-state index in [0.29, 0.717) is 0 Å². The molecule has 0 aromatic heterocycles. The van der Waals surface area contributed by atoms with Gasteiger partial charge in [-0.1, -0.05) is 5.57 Å². The van der Waals surface area contributed by atoms with E-state index in [9.17, 15) is 4.39 Å². The van der Waals surface area contributed by atoms with E-state index in [-0.39, 0.29) is 5.83 Å². The molecule has 1 aliphatic carbocycles. The lowest BCUT2D eigenvalue weighted by Crippen LogP contribution is -2.13. The second kappa shape index (κ2) is 5.18. The summed E-state index contributed by atoms with van der Waals surface area (Å²) in [5, 5.41) is 0. The molecule has 0 aliphatic heterocycles. The standard InChI is InChI=1S/C11H17FN/c1-13(2)8-4-6-10-5-3-7-11(12)9-10/h5,7,9H,3-4,6,8H2,1-2H3. The van der Waals surface area contributed by atoms with Gasteiger partial charge in [-0.2, -0.15) is 0 Å². The Kier molecular flexibility index (Phi) is 4.16. The highest BCUT2D eigenvalue weighted by Crippen LogP contribution is 2.20. The molecule has 0 saturated heterocycles. The van der Waals surface area contributed by atoms with E-state index >= 15 is 0 Å². The Balaban J connectivity index is 2.25. The normalized spacial score (nSPS) is 17.2. The summed E-state index contributed by atoms with van der Waals surface area (Å²) in [6, 6.07) is 0. The second-order valence-electron chi connectivity index (χ2n) is 3.65. The van der Waals surface area contributed by atoms with Crippen LogP contribution in [0.2, 0.25) is 0 Å². The maximum atomic E-state index is 12.8. The summed E-state index contributed by atoms with van der Waals surface area (Å²) >= 11 is 0. The van der Waals surface area contributed by atoms with Crippen molar-refractivity contribution in [3.63, 3.8) is 0 Å². The highest BCUT2D eigenvalue weighted by molar-refractivity contribution is 5.29. The molecule has 2 heteroatoms. The minimum atomic E-state index is -0.0812. The SMILES string of the molecule is CN(C)CCCC1=CC(F)=CC[CH]1. The van der Waals surface area contributed by atoms with Crippen LogP contribution in [0.25, 0.3) is 0 Å². The summed E-state index contributed by atoms with van der Waals surface area (Å²) in [5.74, 6) is -0.0812. The van der Waals surface area contributed by atoms with Gasteiger partial charge in [0.1, 0.15) is 5.83 Å². The van der Waals surface area contributed by atoms with Gasteiger partial charge in [0, 0.05) is 0 Å². The van der Waals surface area contributed by atoms with Crippen molar-refractivity contribution in [3.05, 3.63) is 30.0 Å². The quantitative estimate of drug-likeness (QED) is 0.646. The largest absolute Gasteiger partial charge is 0.309 e. The third-order valence-corrected chi connectivity index (χ3v) is 2.09. The highest BCUT2D eigenvalue weighted by Gasteiger charge is 2.04. The molecular weight excluding hydrogens is 165 g/mol. The van der Waals surface area contributed by atoms with E-state index in [0.717, 1.165) is 31.4 Å². The van der Waals surface area contributed by atoms with Crippen LogP contribution in [0.15, 0.2) is 23.6 Å². The van der Waals surface area contributed by atoms with Crippen molar-refractivity contribution >= 4 is 0 Å². The van der Waals surface area contributed by atoms with Gasteiger partial charge in [0.15, 0.2) is 0 Å². The molecule has 0 unspecified atom stereocenters. The molecule has 1 nitrogen and oxygen atoms in total. The van der Waals surface area contributed by atoms with Crippen LogP contribution >= 0.6 is 0 Å². The molecule has 0 N–H and O–H groups in total. The summed E-state index contributed by atoms with van der Waals surface area (Å²) in [6.45, 7) is 1.07. The van der Waals surface area contributed by atoms with Gasteiger partial charge in [0.2, 0.25) is 0 Å². The van der Waals surface area contributed by atoms with Crippen molar-refractivity contribution in [1.29, 1.82) is 0 Å². The zero-order valence-electron chi connectivity index (χ0n) is 8.39. The van der Waals surface area contributed by atoms with Crippen LogP contribution in [-0.4, -0.2) is 25.5 Å². The predicted molar refractivity (Wildman–Crippen MR) is 54.0 cm³/mol. The first-order chi connectivity index (χ1) is 6.18. The van der Waals surface area contributed by atoms with E-state index in [4.69, 9.17) is 0 Å². The fourth-order valence-corrected chi connectivity index (χ4v) is 1.39. The molecule has 1 radical (unpaired) electrons. The molecule has 73 valence electrons. The average molecular weight is 182 g/mol. The molecule has 0 heterocycles. The van der Waals surface area contributed by atoms with Crippen LogP contribution in [-0.2, 0) is 0 Å². The lowest BCUT2D eigenvalue weighted by molar-refractivity contribution is 0.400. The van der Waals surface area contributed by atoms with E-state index in [2.05, 4.69) is 25.4 Å². The molecular formula is C11H17FN. The molecule has 1 rings (SSSR count). The molecule has 0 atom stereocenters. The second-order valence-corrected chi connectivity index (χ2v) is 3.65. The first-order valence-electron chi connectivity index (χ1n) is 4.72. The number of rotatable bonds is 4. The molecule has 0 fully saturated rings. The Bertz CT molecular complexity index is 216. The zero-order chi connectivity index (χ0) is 9.68. The molecule has 0 saturated carbocycles. The van der Waals surface area contributed by atoms with E-state index in [1.165, 1.54) is 0 Å². The van der Waals surface area contributed by atoms with Gasteiger partial charge in [-0.05, 0) is 58.5 Å². The van der Waals surface area contributed by atoms with Gasteiger partial charge < -0.3 is 4.90 Å². The fraction of sp³-hybridized carbons (Fsp3) is 0.545. The molecule has 0 bridgehead atoms. The molecule has 13 heavy (non-hydrogen) atoms. The summed E-state index contributed by atoms with van der Waals surface area (Å²) in [4.78, 5) is 2.15. The van der Waals surface area contributed by atoms with Crippen molar-refractivity contribution in [2.75, 3.05) is 20.6 Å². The maximum Gasteiger partial charge on any atom is 0.119 e. The van der Waals surface area contributed by atoms with Crippen LogP contribution in [0.1, 0.15) is 19.3 Å². The van der Waals surface area contributed by atoms with Gasteiger partial charge in [-0.3, -0.25) is 0 Å². The van der Waals surface area contributed by atoms with Crippen LogP contribution in [0.3, 0.4) is 0 Å². The van der Waals surface area contributed by atoms with Crippen LogP contribution in [0.4, 0.5) is 4.39 Å². The zero-order valence-corrected chi connectivity index (χ0v) is 8.39. The smallest absolute Gasteiger partial charge is 0.119 e. The average Bonchev–Trinajstić information content (AvgIpc) is 2.03. The number of halogens is 1. The first-order valence-corrected chi connectivity index (χ1v) is 4.72. The maximum absolute atomic E-state index is 12.8. The number of allylic oxidation sites excluding steroid dienone is 4. The van der Waals surface area contributed by atoms with Crippen molar-refractivity contribution in [2.24, 2.45) is 0 Å². The number of hydrogen-bond donors (Lipinski definition) is 0. The Labute approximate surface area is 79.9 Å². The first kappa shape index (κ1) is 10.5. The summed E-state index contributed by atoms with van der Waals surface area (Å²) in [5.41, 5.74) is 1.14. The molecule has 0 aromatic rings. The topological polar surface area (TPSA) is 3.24 Å². The van der Waals surface area contributed by atoms with Gasteiger partial charge in [0.05, 0.1) is 0 Å². The lowest BCUT2D eigenvalue weighted by Gasteiger charge is -2.12. The minimum absolute atomic E-state index is 0.0812. The van der Waals surface area contributed by atoms with E-state index in [1.54, 1.807) is 12.2 Å². The highest BCUT2D eigenvalue weighted by atomic mass is 19.1. The minimum Gasteiger partial charge on any atom is -0.309 e. The summed E-state index contributed by atoms with van der Waals surface area (Å²) < 4.78 is 12.8. The number of hydrogen-bond acceptors (Lipinski definition) is 1. The number of nitrogens with zero attached hydrogens (tertiary/aromatic N) is 1. The third kappa shape index (κ3) is 4.23. The Morgan fingerprint density at radius 2 is 2.23 bits per heavy atom. The molecule has 1 aliphatic rings. The third-order valence-electron chi connectivity index (χ3n) is 2.09. The van der Waals surface area contributed by atoms with Crippen LogP contribution in [0.5, 0.6) is 0 Å². The van der Waals surface area contributed by atoms with Gasteiger partial charge in [0.25, 0.3) is 0 Å².